The minimum absolute atomic E-state index is 0.868. The van der Waals surface area contributed by atoms with Crippen molar-refractivity contribution in [2.24, 2.45) is 0 Å². The molecule has 66 valence electrons. The second-order valence-electron chi connectivity index (χ2n) is 2.10. The maximum atomic E-state index is 9.67. The van der Waals surface area contributed by atoms with Crippen LogP contribution in [0.3, 0.4) is 0 Å². The van der Waals surface area contributed by atoms with Crippen LogP contribution in [0.25, 0.3) is 0 Å². The molecule has 0 unspecified atom stereocenters. The lowest BCUT2D eigenvalue weighted by Gasteiger charge is -1.93. The van der Waals surface area contributed by atoms with E-state index in [9.17, 15) is 12.9 Å². The third-order valence-electron chi connectivity index (χ3n) is 1.19. The van der Waals surface area contributed by atoms with Crippen molar-refractivity contribution in [2.45, 2.75) is 6.92 Å². The number of hydrogen-bond acceptors (Lipinski definition) is 1. The third kappa shape index (κ3) is 5.64. The zero-order chi connectivity index (χ0) is 9.56. The zero-order valence-corrected chi connectivity index (χ0v) is 6.60. The molecule has 0 atom stereocenters. The largest absolute Gasteiger partial charge is 0.762 e. The second-order valence-corrected chi connectivity index (χ2v) is 2.10. The summed E-state index contributed by atoms with van der Waals surface area (Å²) in [6.45, 7) is 2.00. The molecule has 0 fully saturated rings. The lowest BCUT2D eigenvalue weighted by Crippen LogP contribution is -1.85. The maximum absolute atomic E-state index is 9.67. The number of hydrogen-bond donors (Lipinski definition) is 1. The predicted molar refractivity (Wildman–Crippen MR) is 44.7 cm³/mol. The van der Waals surface area contributed by atoms with Gasteiger partial charge in [0, 0.05) is 5.69 Å². The first-order valence-corrected chi connectivity index (χ1v) is 3.27. The Labute approximate surface area is 69.6 Å². The molecule has 0 aliphatic heterocycles. The first-order valence-electron chi connectivity index (χ1n) is 3.27. The lowest BCUT2D eigenvalue weighted by atomic mass is 10.2. The van der Waals surface area contributed by atoms with Gasteiger partial charge in [0.15, 0.2) is 0 Å². The highest BCUT2D eigenvalue weighted by molar-refractivity contribution is 6.33. The molecule has 0 bridgehead atoms. The monoisotopic (exact) mass is 175 g/mol. The molecule has 2 N–H and O–H groups in total. The fourth-order valence-electron chi connectivity index (χ4n) is 0.587. The van der Waals surface area contributed by atoms with E-state index in [1.54, 1.807) is 0 Å². The standard InChI is InChI=1S/C7H9N.BF3/c1-6-4-2-3-5-7(6)8;2-1(3)4/h2-5H,8H2,1H3;. The van der Waals surface area contributed by atoms with Crippen molar-refractivity contribution in [1.82, 2.24) is 0 Å². The Morgan fingerprint density at radius 1 is 1.17 bits per heavy atom. The van der Waals surface area contributed by atoms with Crippen molar-refractivity contribution < 1.29 is 12.9 Å². The van der Waals surface area contributed by atoms with Crippen molar-refractivity contribution in [1.29, 1.82) is 0 Å². The van der Waals surface area contributed by atoms with Gasteiger partial charge in [-0.05, 0) is 18.6 Å². The number of nitrogen functional groups attached to an aromatic ring is 1. The molecule has 0 heterocycles. The second kappa shape index (κ2) is 5.52. The van der Waals surface area contributed by atoms with Crippen molar-refractivity contribution in [3.63, 3.8) is 0 Å². The summed E-state index contributed by atoms with van der Waals surface area (Å²) in [6, 6.07) is 7.80. The number of nitrogens with two attached hydrogens (primary N) is 1. The number of anilines is 1. The van der Waals surface area contributed by atoms with Crippen LogP contribution in [0.4, 0.5) is 18.6 Å². The summed E-state index contributed by atoms with van der Waals surface area (Å²) >= 11 is 0. The van der Waals surface area contributed by atoms with Gasteiger partial charge in [0.1, 0.15) is 0 Å². The van der Waals surface area contributed by atoms with Crippen LogP contribution in [0.15, 0.2) is 24.3 Å². The van der Waals surface area contributed by atoms with Gasteiger partial charge in [0.25, 0.3) is 0 Å². The molecular formula is C7H9BF3N. The quantitative estimate of drug-likeness (QED) is 0.475. The minimum Gasteiger partial charge on any atom is -0.399 e. The van der Waals surface area contributed by atoms with Crippen LogP contribution >= 0.6 is 0 Å². The number of para-hydroxylation sites is 1. The molecule has 1 aromatic rings. The van der Waals surface area contributed by atoms with Crippen molar-refractivity contribution >= 4 is 13.2 Å². The summed E-state index contributed by atoms with van der Waals surface area (Å²) in [7, 11) is -3.67. The van der Waals surface area contributed by atoms with Gasteiger partial charge in [-0.2, -0.15) is 0 Å². The fourth-order valence-corrected chi connectivity index (χ4v) is 0.587. The van der Waals surface area contributed by atoms with E-state index in [1.807, 2.05) is 31.2 Å². The van der Waals surface area contributed by atoms with Gasteiger partial charge in [-0.25, -0.2) is 0 Å². The van der Waals surface area contributed by atoms with Gasteiger partial charge in [0.2, 0.25) is 0 Å². The van der Waals surface area contributed by atoms with Crippen molar-refractivity contribution in [2.75, 3.05) is 5.73 Å². The number of rotatable bonds is 0. The number of benzene rings is 1. The van der Waals surface area contributed by atoms with Crippen LogP contribution < -0.4 is 5.73 Å². The molecule has 0 spiro atoms. The fraction of sp³-hybridized carbons (Fsp3) is 0.143. The van der Waals surface area contributed by atoms with Crippen molar-refractivity contribution in [3.8, 4) is 0 Å². The van der Waals surface area contributed by atoms with Gasteiger partial charge in [0.05, 0.1) is 0 Å². The first kappa shape index (κ1) is 10.9. The third-order valence-corrected chi connectivity index (χ3v) is 1.19. The van der Waals surface area contributed by atoms with Crippen LogP contribution in [0.2, 0.25) is 0 Å². The normalized spacial score (nSPS) is 8.33. The van der Waals surface area contributed by atoms with E-state index in [0.29, 0.717) is 0 Å². The Morgan fingerprint density at radius 2 is 1.58 bits per heavy atom. The summed E-state index contributed by atoms with van der Waals surface area (Å²) in [6.07, 6.45) is 0. The van der Waals surface area contributed by atoms with Gasteiger partial charge in [-0.1, -0.05) is 18.2 Å². The summed E-state index contributed by atoms with van der Waals surface area (Å²) in [5.74, 6) is 0. The highest BCUT2D eigenvalue weighted by Crippen LogP contribution is 2.06. The van der Waals surface area contributed by atoms with Crippen LogP contribution in [0, 0.1) is 6.92 Å². The molecule has 0 aromatic heterocycles. The molecule has 5 heteroatoms. The van der Waals surface area contributed by atoms with E-state index in [2.05, 4.69) is 0 Å². The molecule has 1 aromatic carbocycles. The SMILES string of the molecule is Cc1ccccc1N.FB(F)F. The molecule has 0 amide bonds. The summed E-state index contributed by atoms with van der Waals surface area (Å²) < 4.78 is 29.0. The molecule has 1 rings (SSSR count). The van der Waals surface area contributed by atoms with E-state index in [-0.39, 0.29) is 0 Å². The molecule has 0 saturated carbocycles. The molecule has 12 heavy (non-hydrogen) atoms. The molecule has 0 aliphatic rings. The average Bonchev–Trinajstić information content (AvgIpc) is 1.94. The number of aryl methyl sites for hydroxylation is 1. The maximum Gasteiger partial charge on any atom is 0.762 e. The lowest BCUT2D eigenvalue weighted by molar-refractivity contribution is 0.535. The van der Waals surface area contributed by atoms with E-state index in [4.69, 9.17) is 5.73 Å². The predicted octanol–water partition coefficient (Wildman–Crippen LogP) is 2.46. The summed E-state index contributed by atoms with van der Waals surface area (Å²) in [4.78, 5) is 0. The van der Waals surface area contributed by atoms with E-state index < -0.39 is 7.54 Å². The zero-order valence-electron chi connectivity index (χ0n) is 6.60. The average molecular weight is 175 g/mol. The highest BCUT2D eigenvalue weighted by atomic mass is 19.4. The Balaban J connectivity index is 0.000000261. The van der Waals surface area contributed by atoms with Gasteiger partial charge < -0.3 is 5.73 Å². The van der Waals surface area contributed by atoms with E-state index in [0.717, 1.165) is 11.3 Å². The van der Waals surface area contributed by atoms with E-state index >= 15 is 0 Å². The molecular weight excluding hydrogens is 166 g/mol. The highest BCUT2D eigenvalue weighted by Gasteiger charge is 2.06. The molecule has 1 nitrogen and oxygen atoms in total. The van der Waals surface area contributed by atoms with Crippen molar-refractivity contribution in [3.05, 3.63) is 29.8 Å². The topological polar surface area (TPSA) is 26.0 Å². The van der Waals surface area contributed by atoms with E-state index in [1.165, 1.54) is 0 Å². The Bertz CT molecular complexity index is 206. The Morgan fingerprint density at radius 3 is 1.83 bits per heavy atom. The van der Waals surface area contributed by atoms with Crippen LogP contribution in [0.1, 0.15) is 5.56 Å². The van der Waals surface area contributed by atoms with Gasteiger partial charge in [-0.15, -0.1) is 0 Å². The van der Waals surface area contributed by atoms with Crippen LogP contribution in [-0.2, 0) is 0 Å². The molecule has 0 saturated heterocycles. The van der Waals surface area contributed by atoms with Gasteiger partial charge >= 0.3 is 7.54 Å². The summed E-state index contributed by atoms with van der Waals surface area (Å²) in [5, 5.41) is 0. The van der Waals surface area contributed by atoms with Gasteiger partial charge in [-0.3, -0.25) is 12.9 Å². The molecule has 0 radical (unpaired) electrons. The summed E-state index contributed by atoms with van der Waals surface area (Å²) in [5.41, 5.74) is 7.53. The molecule has 0 aliphatic carbocycles. The Kier molecular flexibility index (Phi) is 5.00. The first-order chi connectivity index (χ1) is 5.54. The van der Waals surface area contributed by atoms with Crippen LogP contribution in [-0.4, -0.2) is 7.54 Å². The van der Waals surface area contributed by atoms with Crippen LogP contribution in [0.5, 0.6) is 0 Å². The number of halogens is 3. The smallest absolute Gasteiger partial charge is 0.399 e. The minimum atomic E-state index is -3.67. The Hall–Kier alpha value is -1.13.